The number of hydrogen-bond acceptors (Lipinski definition) is 3. The number of nitrogens with one attached hydrogen (secondary N) is 1. The fraction of sp³-hybridized carbons (Fsp3) is 0.304. The second-order valence-electron chi connectivity index (χ2n) is 6.87. The number of carbonyl (C=O) groups excluding carboxylic acids is 2. The van der Waals surface area contributed by atoms with Crippen LogP contribution >= 0.6 is 0 Å². The van der Waals surface area contributed by atoms with Crippen molar-refractivity contribution in [2.75, 3.05) is 25.1 Å². The molecule has 146 valence electrons. The lowest BCUT2D eigenvalue weighted by atomic mass is 10.1. The van der Waals surface area contributed by atoms with Gasteiger partial charge in [-0.2, -0.15) is 0 Å². The van der Waals surface area contributed by atoms with Crippen LogP contribution in [0.4, 0.5) is 5.69 Å². The van der Waals surface area contributed by atoms with Crippen molar-refractivity contribution in [3.8, 4) is 0 Å². The van der Waals surface area contributed by atoms with Crippen LogP contribution in [0.25, 0.3) is 0 Å². The second kappa shape index (κ2) is 9.85. The minimum Gasteiger partial charge on any atom is -0.379 e. The van der Waals surface area contributed by atoms with Gasteiger partial charge in [-0.05, 0) is 36.1 Å². The number of nitrogens with zero attached hydrogens (tertiary/aromatic N) is 1. The number of hydrogen-bond donors (Lipinski definition) is 1. The Bertz CT molecular complexity index is 814. The lowest BCUT2D eigenvalue weighted by Gasteiger charge is -2.28. The fourth-order valence-corrected chi connectivity index (χ4v) is 3.42. The van der Waals surface area contributed by atoms with E-state index in [1.807, 2.05) is 41.3 Å². The Morgan fingerprint density at radius 1 is 1.14 bits per heavy atom. The monoisotopic (exact) mass is 378 g/mol. The number of benzene rings is 2. The molecule has 1 saturated heterocycles. The molecule has 1 N–H and O–H groups in total. The average Bonchev–Trinajstić information content (AvgIpc) is 3.25. The van der Waals surface area contributed by atoms with Gasteiger partial charge in [0.15, 0.2) is 0 Å². The van der Waals surface area contributed by atoms with Gasteiger partial charge < -0.3 is 15.0 Å². The molecule has 5 heteroatoms. The molecule has 0 aliphatic carbocycles. The van der Waals surface area contributed by atoms with E-state index >= 15 is 0 Å². The Morgan fingerprint density at radius 3 is 2.61 bits per heavy atom. The zero-order chi connectivity index (χ0) is 19.8. The third-order valence-corrected chi connectivity index (χ3v) is 4.95. The standard InChI is InChI=1S/C23H26N2O3/c1-2-22(26)24-21-11-7-6-10-19(21)16-23(27)25(20-13-15-28-17-20)14-12-18-8-4-3-5-9-18/h2-11,20H,1,12-17H2,(H,24,26). The van der Waals surface area contributed by atoms with Crippen LogP contribution in [0.3, 0.4) is 0 Å². The molecule has 3 rings (SSSR count). The first-order valence-electron chi connectivity index (χ1n) is 9.60. The summed E-state index contributed by atoms with van der Waals surface area (Å²) in [4.78, 5) is 26.8. The Balaban J connectivity index is 1.72. The summed E-state index contributed by atoms with van der Waals surface area (Å²) in [6.07, 6.45) is 3.12. The van der Waals surface area contributed by atoms with Crippen LogP contribution < -0.4 is 5.32 Å². The summed E-state index contributed by atoms with van der Waals surface area (Å²) in [5, 5.41) is 2.78. The van der Waals surface area contributed by atoms with Crippen LogP contribution in [0, 0.1) is 0 Å². The smallest absolute Gasteiger partial charge is 0.247 e. The zero-order valence-electron chi connectivity index (χ0n) is 16.0. The normalized spacial score (nSPS) is 15.8. The maximum Gasteiger partial charge on any atom is 0.247 e. The molecule has 2 aromatic carbocycles. The van der Waals surface area contributed by atoms with Crippen LogP contribution in [0.2, 0.25) is 0 Å². The van der Waals surface area contributed by atoms with E-state index in [-0.39, 0.29) is 24.3 Å². The summed E-state index contributed by atoms with van der Waals surface area (Å²) < 4.78 is 5.52. The van der Waals surface area contributed by atoms with Crippen LogP contribution in [-0.4, -0.2) is 42.5 Å². The Kier molecular flexibility index (Phi) is 6.98. The van der Waals surface area contributed by atoms with Gasteiger partial charge in [0.25, 0.3) is 0 Å². The van der Waals surface area contributed by atoms with Crippen LogP contribution in [0.1, 0.15) is 17.5 Å². The van der Waals surface area contributed by atoms with Crippen molar-refractivity contribution in [2.24, 2.45) is 0 Å². The van der Waals surface area contributed by atoms with E-state index in [1.165, 1.54) is 11.6 Å². The zero-order valence-corrected chi connectivity index (χ0v) is 16.0. The van der Waals surface area contributed by atoms with Gasteiger partial charge in [0, 0.05) is 18.8 Å². The highest BCUT2D eigenvalue weighted by Gasteiger charge is 2.27. The maximum absolute atomic E-state index is 13.2. The van der Waals surface area contributed by atoms with E-state index in [0.29, 0.717) is 25.4 Å². The molecule has 0 saturated carbocycles. The molecule has 1 heterocycles. The van der Waals surface area contributed by atoms with Crippen molar-refractivity contribution >= 4 is 17.5 Å². The third kappa shape index (κ3) is 5.30. The summed E-state index contributed by atoms with van der Waals surface area (Å²) in [5.74, 6) is -0.239. The molecular weight excluding hydrogens is 352 g/mol. The summed E-state index contributed by atoms with van der Waals surface area (Å²) in [7, 11) is 0. The predicted molar refractivity (Wildman–Crippen MR) is 110 cm³/mol. The number of ether oxygens (including phenoxy) is 1. The van der Waals surface area contributed by atoms with E-state index in [2.05, 4.69) is 24.0 Å². The van der Waals surface area contributed by atoms with Crippen LogP contribution in [-0.2, 0) is 27.2 Å². The molecule has 28 heavy (non-hydrogen) atoms. The van der Waals surface area contributed by atoms with E-state index in [1.54, 1.807) is 6.07 Å². The summed E-state index contributed by atoms with van der Waals surface area (Å²) in [5.41, 5.74) is 2.65. The molecule has 1 aliphatic heterocycles. The van der Waals surface area contributed by atoms with Gasteiger partial charge in [0.05, 0.1) is 19.1 Å². The molecule has 0 spiro atoms. The minimum absolute atomic E-state index is 0.0479. The van der Waals surface area contributed by atoms with Gasteiger partial charge in [0.2, 0.25) is 11.8 Å². The van der Waals surface area contributed by atoms with Crippen molar-refractivity contribution in [3.63, 3.8) is 0 Å². The highest BCUT2D eigenvalue weighted by atomic mass is 16.5. The van der Waals surface area contributed by atoms with Gasteiger partial charge in [-0.1, -0.05) is 55.1 Å². The van der Waals surface area contributed by atoms with E-state index < -0.39 is 0 Å². The SMILES string of the molecule is C=CC(=O)Nc1ccccc1CC(=O)N(CCc1ccccc1)C1CCOC1. The van der Waals surface area contributed by atoms with Gasteiger partial charge in [-0.3, -0.25) is 9.59 Å². The third-order valence-electron chi connectivity index (χ3n) is 4.95. The summed E-state index contributed by atoms with van der Waals surface area (Å²) in [6, 6.07) is 17.7. The van der Waals surface area contributed by atoms with Crippen molar-refractivity contribution < 1.29 is 14.3 Å². The first-order valence-corrected chi connectivity index (χ1v) is 9.60. The average molecular weight is 378 g/mol. The van der Waals surface area contributed by atoms with E-state index in [0.717, 1.165) is 18.4 Å². The van der Waals surface area contributed by atoms with Gasteiger partial charge in [-0.15, -0.1) is 0 Å². The van der Waals surface area contributed by atoms with Crippen molar-refractivity contribution in [1.82, 2.24) is 4.90 Å². The molecule has 5 nitrogen and oxygen atoms in total. The number of carbonyl (C=O) groups is 2. The van der Waals surface area contributed by atoms with E-state index in [4.69, 9.17) is 4.74 Å². The second-order valence-corrected chi connectivity index (χ2v) is 6.87. The Hall–Kier alpha value is -2.92. The summed E-state index contributed by atoms with van der Waals surface area (Å²) in [6.45, 7) is 5.40. The Labute approximate surface area is 166 Å². The number of anilines is 1. The largest absolute Gasteiger partial charge is 0.379 e. The van der Waals surface area contributed by atoms with Crippen molar-refractivity contribution in [1.29, 1.82) is 0 Å². The molecule has 0 radical (unpaired) electrons. The fourth-order valence-electron chi connectivity index (χ4n) is 3.42. The highest BCUT2D eigenvalue weighted by Crippen LogP contribution is 2.20. The van der Waals surface area contributed by atoms with Crippen LogP contribution in [0.5, 0.6) is 0 Å². The van der Waals surface area contributed by atoms with Crippen LogP contribution in [0.15, 0.2) is 67.3 Å². The lowest BCUT2D eigenvalue weighted by molar-refractivity contribution is -0.132. The van der Waals surface area contributed by atoms with E-state index in [9.17, 15) is 9.59 Å². The van der Waals surface area contributed by atoms with Crippen molar-refractivity contribution in [3.05, 3.63) is 78.4 Å². The molecule has 2 aromatic rings. The predicted octanol–water partition coefficient (Wildman–Crippen LogP) is 3.21. The summed E-state index contributed by atoms with van der Waals surface area (Å²) >= 11 is 0. The molecule has 2 amide bonds. The molecule has 1 aliphatic rings. The van der Waals surface area contributed by atoms with Crippen molar-refractivity contribution in [2.45, 2.75) is 25.3 Å². The maximum atomic E-state index is 13.2. The van der Waals surface area contributed by atoms with Gasteiger partial charge in [-0.25, -0.2) is 0 Å². The first-order chi connectivity index (χ1) is 13.7. The molecule has 0 bridgehead atoms. The molecule has 1 atom stereocenters. The lowest BCUT2D eigenvalue weighted by Crippen LogP contribution is -2.43. The highest BCUT2D eigenvalue weighted by molar-refractivity contribution is 5.99. The molecule has 1 fully saturated rings. The van der Waals surface area contributed by atoms with Gasteiger partial charge in [0.1, 0.15) is 0 Å². The first kappa shape index (κ1) is 19.8. The molecule has 1 unspecified atom stereocenters. The van der Waals surface area contributed by atoms with Gasteiger partial charge >= 0.3 is 0 Å². The topological polar surface area (TPSA) is 58.6 Å². The quantitative estimate of drug-likeness (QED) is 0.718. The molecule has 0 aromatic heterocycles. The minimum atomic E-state index is -0.287. The number of para-hydroxylation sites is 1. The Morgan fingerprint density at radius 2 is 1.89 bits per heavy atom. The number of amides is 2. The molecular formula is C23H26N2O3. The number of rotatable bonds is 8.